The van der Waals surface area contributed by atoms with Crippen molar-refractivity contribution in [2.75, 3.05) is 18.2 Å². The number of carbonyl (C=O) groups is 1. The highest BCUT2D eigenvalue weighted by Crippen LogP contribution is 2.23. The first-order valence-electron chi connectivity index (χ1n) is 7.95. The molecule has 0 atom stereocenters. The number of rotatable bonds is 6. The monoisotopic (exact) mass is 387 g/mol. The fourth-order valence-corrected chi connectivity index (χ4v) is 2.93. The molecule has 0 radical (unpaired) electrons. The molecular weight excluding hydrogens is 370 g/mol. The van der Waals surface area contributed by atoms with E-state index in [0.717, 1.165) is 11.8 Å². The number of benzene rings is 2. The van der Waals surface area contributed by atoms with Gasteiger partial charge >= 0.3 is 6.01 Å². The molecular formula is C18H17N3O5S. The zero-order chi connectivity index (χ0) is 19.4. The molecule has 0 aliphatic carbocycles. The first-order chi connectivity index (χ1) is 12.8. The van der Waals surface area contributed by atoms with Gasteiger partial charge < -0.3 is 9.15 Å². The van der Waals surface area contributed by atoms with Crippen molar-refractivity contribution in [3.63, 3.8) is 0 Å². The molecule has 0 fully saturated rings. The lowest BCUT2D eigenvalue weighted by Crippen LogP contribution is -2.20. The van der Waals surface area contributed by atoms with E-state index in [4.69, 9.17) is 9.15 Å². The lowest BCUT2D eigenvalue weighted by atomic mass is 10.2. The van der Waals surface area contributed by atoms with Crippen LogP contribution in [0.2, 0.25) is 0 Å². The molecule has 140 valence electrons. The summed E-state index contributed by atoms with van der Waals surface area (Å²) in [6.45, 7) is 1.66. The van der Waals surface area contributed by atoms with E-state index >= 15 is 0 Å². The maximum Gasteiger partial charge on any atom is 0.322 e. The third-order valence-electron chi connectivity index (χ3n) is 3.63. The Balaban J connectivity index is 1.66. The molecule has 1 N–H and O–H groups in total. The predicted octanol–water partition coefficient (Wildman–Crippen LogP) is 2.47. The minimum absolute atomic E-state index is 0.0932. The standard InChI is InChI=1S/C18H17N3O5S/c1-12-6-3-4-9-15(12)25-11-16(22)19-18-21-20-17(26-18)13-7-5-8-14(10-13)27(2,23)24/h3-10H,11H2,1-2H3,(H,19,21,22). The minimum Gasteiger partial charge on any atom is -0.483 e. The molecule has 1 heterocycles. The van der Waals surface area contributed by atoms with Crippen LogP contribution in [0.5, 0.6) is 5.75 Å². The lowest BCUT2D eigenvalue weighted by Gasteiger charge is -2.07. The smallest absolute Gasteiger partial charge is 0.322 e. The summed E-state index contributed by atoms with van der Waals surface area (Å²) in [6.07, 6.45) is 1.11. The first kappa shape index (κ1) is 18.6. The number of ether oxygens (including phenoxy) is 1. The number of nitrogens with zero attached hydrogens (tertiary/aromatic N) is 2. The minimum atomic E-state index is -3.36. The van der Waals surface area contributed by atoms with E-state index in [1.54, 1.807) is 18.2 Å². The highest BCUT2D eigenvalue weighted by molar-refractivity contribution is 7.90. The Kier molecular flexibility index (Phi) is 5.22. The fourth-order valence-electron chi connectivity index (χ4n) is 2.27. The van der Waals surface area contributed by atoms with Crippen molar-refractivity contribution < 1.29 is 22.4 Å². The number of sulfone groups is 1. The Morgan fingerprint density at radius 1 is 1.15 bits per heavy atom. The van der Waals surface area contributed by atoms with Gasteiger partial charge in [0.15, 0.2) is 16.4 Å². The van der Waals surface area contributed by atoms with E-state index in [0.29, 0.717) is 11.3 Å². The second-order valence-corrected chi connectivity index (χ2v) is 7.83. The van der Waals surface area contributed by atoms with Crippen LogP contribution >= 0.6 is 0 Å². The number of hydrogen-bond acceptors (Lipinski definition) is 7. The Bertz CT molecular complexity index is 1080. The van der Waals surface area contributed by atoms with Gasteiger partial charge in [0.25, 0.3) is 5.91 Å². The van der Waals surface area contributed by atoms with E-state index in [9.17, 15) is 13.2 Å². The molecule has 27 heavy (non-hydrogen) atoms. The quantitative estimate of drug-likeness (QED) is 0.691. The number of nitrogens with one attached hydrogen (secondary N) is 1. The number of amides is 1. The van der Waals surface area contributed by atoms with Gasteiger partial charge in [-0.25, -0.2) is 8.42 Å². The van der Waals surface area contributed by atoms with Crippen molar-refractivity contribution in [3.05, 3.63) is 54.1 Å². The van der Waals surface area contributed by atoms with E-state index in [1.165, 1.54) is 12.1 Å². The molecule has 0 saturated carbocycles. The van der Waals surface area contributed by atoms with Gasteiger partial charge in [0.1, 0.15) is 5.75 Å². The van der Waals surface area contributed by atoms with E-state index in [2.05, 4.69) is 15.5 Å². The predicted molar refractivity (Wildman–Crippen MR) is 98.1 cm³/mol. The Labute approximate surface area is 156 Å². The van der Waals surface area contributed by atoms with Crippen LogP contribution in [0, 0.1) is 6.92 Å². The van der Waals surface area contributed by atoms with Gasteiger partial charge in [0, 0.05) is 11.8 Å². The van der Waals surface area contributed by atoms with Crippen molar-refractivity contribution >= 4 is 21.8 Å². The molecule has 2 aromatic carbocycles. The molecule has 0 aliphatic heterocycles. The molecule has 0 unspecified atom stereocenters. The Hall–Kier alpha value is -3.20. The van der Waals surface area contributed by atoms with Crippen LogP contribution in [0.25, 0.3) is 11.5 Å². The number of anilines is 1. The van der Waals surface area contributed by atoms with Crippen molar-refractivity contribution in [1.82, 2.24) is 10.2 Å². The maximum absolute atomic E-state index is 12.0. The molecule has 3 aromatic rings. The molecule has 3 rings (SSSR count). The fraction of sp³-hybridized carbons (Fsp3) is 0.167. The highest BCUT2D eigenvalue weighted by atomic mass is 32.2. The summed E-state index contributed by atoms with van der Waals surface area (Å²) in [4.78, 5) is 12.1. The van der Waals surface area contributed by atoms with Crippen LogP contribution in [0.4, 0.5) is 6.01 Å². The summed E-state index contributed by atoms with van der Waals surface area (Å²) in [6, 6.07) is 13.3. The van der Waals surface area contributed by atoms with E-state index < -0.39 is 15.7 Å². The second kappa shape index (κ2) is 7.58. The summed E-state index contributed by atoms with van der Waals surface area (Å²) in [5.41, 5.74) is 1.35. The molecule has 0 spiro atoms. The molecule has 0 aliphatic rings. The molecule has 8 nitrogen and oxygen atoms in total. The summed E-state index contributed by atoms with van der Waals surface area (Å²) in [5.74, 6) is 0.241. The molecule has 1 aromatic heterocycles. The van der Waals surface area contributed by atoms with Gasteiger partial charge in [-0.05, 0) is 36.8 Å². The number of para-hydroxylation sites is 1. The molecule has 9 heteroatoms. The Morgan fingerprint density at radius 2 is 1.93 bits per heavy atom. The van der Waals surface area contributed by atoms with Crippen LogP contribution < -0.4 is 10.1 Å². The SMILES string of the molecule is Cc1ccccc1OCC(=O)Nc1nnc(-c2cccc(S(C)(=O)=O)c2)o1. The van der Waals surface area contributed by atoms with Crippen LogP contribution in [-0.2, 0) is 14.6 Å². The average molecular weight is 387 g/mol. The zero-order valence-electron chi connectivity index (χ0n) is 14.7. The number of aromatic nitrogens is 2. The average Bonchev–Trinajstić information content (AvgIpc) is 3.09. The van der Waals surface area contributed by atoms with Gasteiger partial charge in [-0.1, -0.05) is 29.4 Å². The van der Waals surface area contributed by atoms with Crippen molar-refractivity contribution in [2.45, 2.75) is 11.8 Å². The van der Waals surface area contributed by atoms with Gasteiger partial charge in [-0.2, -0.15) is 0 Å². The second-order valence-electron chi connectivity index (χ2n) is 5.81. The normalized spacial score (nSPS) is 11.2. The highest BCUT2D eigenvalue weighted by Gasteiger charge is 2.14. The number of aryl methyl sites for hydroxylation is 1. The zero-order valence-corrected chi connectivity index (χ0v) is 15.5. The van der Waals surface area contributed by atoms with Crippen LogP contribution in [-0.4, -0.2) is 37.4 Å². The third-order valence-corrected chi connectivity index (χ3v) is 4.74. The van der Waals surface area contributed by atoms with Crippen molar-refractivity contribution in [3.8, 4) is 17.2 Å². The van der Waals surface area contributed by atoms with Gasteiger partial charge in [0.05, 0.1) is 4.90 Å². The van der Waals surface area contributed by atoms with Crippen LogP contribution in [0.15, 0.2) is 57.8 Å². The first-order valence-corrected chi connectivity index (χ1v) is 9.84. The van der Waals surface area contributed by atoms with Crippen molar-refractivity contribution in [2.24, 2.45) is 0 Å². The van der Waals surface area contributed by atoms with E-state index in [-0.39, 0.29) is 23.4 Å². The molecule has 0 saturated heterocycles. The van der Waals surface area contributed by atoms with Gasteiger partial charge in [-0.3, -0.25) is 10.1 Å². The van der Waals surface area contributed by atoms with Crippen molar-refractivity contribution in [1.29, 1.82) is 0 Å². The summed E-state index contributed by atoms with van der Waals surface area (Å²) in [5, 5.41) is 10.0. The molecule has 1 amide bonds. The van der Waals surface area contributed by atoms with Gasteiger partial charge in [0.2, 0.25) is 5.89 Å². The summed E-state index contributed by atoms with van der Waals surface area (Å²) in [7, 11) is -3.36. The lowest BCUT2D eigenvalue weighted by molar-refractivity contribution is -0.118. The summed E-state index contributed by atoms with van der Waals surface area (Å²) >= 11 is 0. The van der Waals surface area contributed by atoms with E-state index in [1.807, 2.05) is 25.1 Å². The maximum atomic E-state index is 12.0. The third kappa shape index (κ3) is 4.70. The topological polar surface area (TPSA) is 111 Å². The summed E-state index contributed by atoms with van der Waals surface area (Å²) < 4.78 is 34.1. The largest absolute Gasteiger partial charge is 0.483 e. The van der Waals surface area contributed by atoms with Gasteiger partial charge in [-0.15, -0.1) is 5.10 Å². The van der Waals surface area contributed by atoms with Crippen LogP contribution in [0.3, 0.4) is 0 Å². The molecule has 0 bridgehead atoms. The number of carbonyl (C=O) groups excluding carboxylic acids is 1. The Morgan fingerprint density at radius 3 is 2.67 bits per heavy atom. The van der Waals surface area contributed by atoms with Crippen LogP contribution in [0.1, 0.15) is 5.56 Å². The number of hydrogen-bond donors (Lipinski definition) is 1.